The molecule has 0 saturated carbocycles. The van der Waals surface area contributed by atoms with Crippen molar-refractivity contribution in [3.63, 3.8) is 0 Å². The van der Waals surface area contributed by atoms with E-state index in [0.29, 0.717) is 33.9 Å². The summed E-state index contributed by atoms with van der Waals surface area (Å²) >= 11 is 1.24. The van der Waals surface area contributed by atoms with Crippen molar-refractivity contribution in [3.05, 3.63) is 64.4 Å². The maximum Gasteiger partial charge on any atom is 0.262 e. The number of fused-ring (bicyclic) bond motifs is 1. The molecule has 3 rings (SSSR count). The summed E-state index contributed by atoms with van der Waals surface area (Å²) in [6, 6.07) is 14.0. The summed E-state index contributed by atoms with van der Waals surface area (Å²) in [7, 11) is 0. The monoisotopic (exact) mass is 409 g/mol. The maximum atomic E-state index is 12.9. The van der Waals surface area contributed by atoms with Crippen molar-refractivity contribution >= 4 is 40.0 Å². The summed E-state index contributed by atoms with van der Waals surface area (Å²) in [6.45, 7) is 6.10. The Morgan fingerprint density at radius 3 is 2.45 bits per heavy atom. The third-order valence-corrected chi connectivity index (χ3v) is 5.26. The molecule has 0 saturated heterocycles. The van der Waals surface area contributed by atoms with Crippen LogP contribution in [0.1, 0.15) is 31.1 Å². The number of thioether (sulfide) groups is 1. The first-order chi connectivity index (χ1) is 13.8. The van der Waals surface area contributed by atoms with Crippen molar-refractivity contribution < 1.29 is 9.59 Å². The van der Waals surface area contributed by atoms with Gasteiger partial charge in [-0.25, -0.2) is 4.98 Å². The highest BCUT2D eigenvalue weighted by Crippen LogP contribution is 2.19. The van der Waals surface area contributed by atoms with Crippen LogP contribution in [0.25, 0.3) is 10.9 Å². The summed E-state index contributed by atoms with van der Waals surface area (Å²) < 4.78 is 1.65. The van der Waals surface area contributed by atoms with Crippen molar-refractivity contribution in [1.82, 2.24) is 9.55 Å². The number of aromatic nitrogens is 2. The van der Waals surface area contributed by atoms with Gasteiger partial charge in [-0.15, -0.1) is 0 Å². The molecule has 1 aromatic heterocycles. The Balaban J connectivity index is 1.77. The summed E-state index contributed by atoms with van der Waals surface area (Å²) in [5.74, 6) is 0.161. The summed E-state index contributed by atoms with van der Waals surface area (Å²) in [6.07, 6.45) is 0. The van der Waals surface area contributed by atoms with Gasteiger partial charge >= 0.3 is 0 Å². The maximum absolute atomic E-state index is 12.9. The molecule has 7 heteroatoms. The van der Waals surface area contributed by atoms with Crippen molar-refractivity contribution in [3.8, 4) is 0 Å². The Hall–Kier alpha value is -2.93. The summed E-state index contributed by atoms with van der Waals surface area (Å²) in [5.41, 5.74) is 1.74. The molecule has 6 nitrogen and oxygen atoms in total. The molecule has 0 radical (unpaired) electrons. The van der Waals surface area contributed by atoms with E-state index in [1.807, 2.05) is 26.0 Å². The molecule has 0 spiro atoms. The number of hydrogen-bond donors (Lipinski definition) is 1. The number of ketones is 1. The highest BCUT2D eigenvalue weighted by molar-refractivity contribution is 7.99. The largest absolute Gasteiger partial charge is 0.325 e. The van der Waals surface area contributed by atoms with Gasteiger partial charge in [-0.05, 0) is 49.2 Å². The molecule has 0 aliphatic rings. The van der Waals surface area contributed by atoms with Gasteiger partial charge < -0.3 is 5.32 Å². The van der Waals surface area contributed by atoms with Gasteiger partial charge in [-0.1, -0.05) is 37.7 Å². The van der Waals surface area contributed by atoms with Gasteiger partial charge in [0.1, 0.15) is 0 Å². The minimum absolute atomic E-state index is 0.0241. The molecule has 0 bridgehead atoms. The van der Waals surface area contributed by atoms with Crippen LogP contribution in [-0.2, 0) is 11.3 Å². The van der Waals surface area contributed by atoms with Crippen LogP contribution in [0.5, 0.6) is 0 Å². The van der Waals surface area contributed by atoms with Crippen molar-refractivity contribution in [2.24, 2.45) is 5.92 Å². The number of para-hydroxylation sites is 1. The van der Waals surface area contributed by atoms with E-state index in [0.717, 1.165) is 0 Å². The number of nitrogens with one attached hydrogen (secondary N) is 1. The quantitative estimate of drug-likeness (QED) is 0.363. The molecule has 1 heterocycles. The highest BCUT2D eigenvalue weighted by Gasteiger charge is 2.14. The van der Waals surface area contributed by atoms with E-state index in [-0.39, 0.29) is 28.9 Å². The number of amides is 1. The molecule has 3 aromatic rings. The van der Waals surface area contributed by atoms with E-state index in [4.69, 9.17) is 0 Å². The molecule has 2 aromatic carbocycles. The number of benzene rings is 2. The Bertz CT molecular complexity index is 1100. The zero-order chi connectivity index (χ0) is 21.0. The molecular formula is C22H23N3O3S. The van der Waals surface area contributed by atoms with Crippen LogP contribution in [0.2, 0.25) is 0 Å². The second-order valence-corrected chi connectivity index (χ2v) is 8.13. The molecule has 29 heavy (non-hydrogen) atoms. The number of Topliss-reactive ketones (excluding diaryl/α,β-unsaturated/α-hetero) is 1. The second-order valence-electron chi connectivity index (χ2n) is 7.19. The zero-order valence-corrected chi connectivity index (χ0v) is 17.5. The topological polar surface area (TPSA) is 81.1 Å². The van der Waals surface area contributed by atoms with E-state index in [9.17, 15) is 14.4 Å². The fourth-order valence-corrected chi connectivity index (χ4v) is 3.71. The van der Waals surface area contributed by atoms with Crippen molar-refractivity contribution in [2.45, 2.75) is 32.5 Å². The first-order valence-electron chi connectivity index (χ1n) is 9.38. The van der Waals surface area contributed by atoms with Gasteiger partial charge in [0, 0.05) is 17.8 Å². The SMILES string of the molecule is CC(=O)c1ccc(NC(=O)CSc2nc3ccccc3c(=O)n2CC(C)C)cc1. The van der Waals surface area contributed by atoms with Crippen LogP contribution in [0, 0.1) is 5.92 Å². The van der Waals surface area contributed by atoms with Crippen LogP contribution in [0.4, 0.5) is 5.69 Å². The van der Waals surface area contributed by atoms with E-state index >= 15 is 0 Å². The number of anilines is 1. The fourth-order valence-electron chi connectivity index (χ4n) is 2.90. The standard InChI is InChI=1S/C22H23N3O3S/c1-14(2)12-25-21(28)18-6-4-5-7-19(18)24-22(25)29-13-20(27)23-17-10-8-16(9-11-17)15(3)26/h4-11,14H,12-13H2,1-3H3,(H,23,27). The molecule has 0 aliphatic carbocycles. The second kappa shape index (κ2) is 9.05. The molecule has 0 fully saturated rings. The molecule has 1 amide bonds. The first-order valence-corrected chi connectivity index (χ1v) is 10.4. The van der Waals surface area contributed by atoms with Crippen LogP contribution in [-0.4, -0.2) is 27.0 Å². The van der Waals surface area contributed by atoms with E-state index in [1.54, 1.807) is 41.0 Å². The molecule has 0 atom stereocenters. The predicted octanol–water partition coefficient (Wildman–Crippen LogP) is 3.99. The number of carbonyl (C=O) groups is 2. The normalized spacial score (nSPS) is 11.0. The number of nitrogens with zero attached hydrogens (tertiary/aromatic N) is 2. The third-order valence-electron chi connectivity index (χ3n) is 4.28. The summed E-state index contributed by atoms with van der Waals surface area (Å²) in [4.78, 5) is 41.2. The van der Waals surface area contributed by atoms with E-state index < -0.39 is 0 Å². The molecular weight excluding hydrogens is 386 g/mol. The van der Waals surface area contributed by atoms with Crippen molar-refractivity contribution in [2.75, 3.05) is 11.1 Å². The van der Waals surface area contributed by atoms with Crippen molar-refractivity contribution in [1.29, 1.82) is 0 Å². The van der Waals surface area contributed by atoms with E-state index in [2.05, 4.69) is 10.3 Å². The Labute approximate surface area is 173 Å². The smallest absolute Gasteiger partial charge is 0.262 e. The Morgan fingerprint density at radius 1 is 1.10 bits per heavy atom. The lowest BCUT2D eigenvalue weighted by Crippen LogP contribution is -2.26. The Kier molecular flexibility index (Phi) is 6.49. The molecule has 0 unspecified atom stereocenters. The van der Waals surface area contributed by atoms with Gasteiger partial charge in [0.25, 0.3) is 5.56 Å². The van der Waals surface area contributed by atoms with Crippen LogP contribution in [0.3, 0.4) is 0 Å². The highest BCUT2D eigenvalue weighted by atomic mass is 32.2. The average Bonchev–Trinajstić information content (AvgIpc) is 2.69. The van der Waals surface area contributed by atoms with Crippen LogP contribution < -0.4 is 10.9 Å². The van der Waals surface area contributed by atoms with Gasteiger partial charge in [0.15, 0.2) is 10.9 Å². The first kappa shape index (κ1) is 20.8. The molecule has 150 valence electrons. The predicted molar refractivity (Wildman–Crippen MR) is 117 cm³/mol. The zero-order valence-electron chi connectivity index (χ0n) is 16.6. The average molecular weight is 410 g/mol. The lowest BCUT2D eigenvalue weighted by Gasteiger charge is -2.15. The van der Waals surface area contributed by atoms with Gasteiger partial charge in [0.2, 0.25) is 5.91 Å². The fraction of sp³-hybridized carbons (Fsp3) is 0.273. The lowest BCUT2D eigenvalue weighted by molar-refractivity contribution is -0.113. The lowest BCUT2D eigenvalue weighted by atomic mass is 10.1. The van der Waals surface area contributed by atoms with Gasteiger partial charge in [-0.2, -0.15) is 0 Å². The Morgan fingerprint density at radius 2 is 1.79 bits per heavy atom. The summed E-state index contributed by atoms with van der Waals surface area (Å²) in [5, 5.41) is 3.91. The molecule has 0 aliphatic heterocycles. The van der Waals surface area contributed by atoms with Gasteiger partial charge in [-0.3, -0.25) is 19.0 Å². The molecule has 1 N–H and O–H groups in total. The number of rotatable bonds is 7. The number of carbonyl (C=O) groups excluding carboxylic acids is 2. The van der Waals surface area contributed by atoms with Crippen LogP contribution in [0.15, 0.2) is 58.5 Å². The minimum atomic E-state index is -0.205. The number of hydrogen-bond acceptors (Lipinski definition) is 5. The minimum Gasteiger partial charge on any atom is -0.325 e. The third kappa shape index (κ3) is 5.12. The van der Waals surface area contributed by atoms with Crippen LogP contribution >= 0.6 is 11.8 Å². The van der Waals surface area contributed by atoms with E-state index in [1.165, 1.54) is 18.7 Å². The van der Waals surface area contributed by atoms with Gasteiger partial charge in [0.05, 0.1) is 16.7 Å².